The van der Waals surface area contributed by atoms with Crippen molar-refractivity contribution in [2.45, 2.75) is 10.1 Å². The Hall–Kier alpha value is -1.30. The van der Waals surface area contributed by atoms with Gasteiger partial charge in [0, 0.05) is 16.5 Å². The molecule has 1 aromatic carbocycles. The van der Waals surface area contributed by atoms with Gasteiger partial charge in [-0.3, -0.25) is 4.79 Å². The van der Waals surface area contributed by atoms with Crippen LogP contribution in [0.3, 0.4) is 0 Å². The van der Waals surface area contributed by atoms with Gasteiger partial charge in [0.25, 0.3) is 0 Å². The van der Waals surface area contributed by atoms with Gasteiger partial charge in [-0.05, 0) is 36.0 Å². The van der Waals surface area contributed by atoms with Crippen molar-refractivity contribution in [3.8, 4) is 0 Å². The summed E-state index contributed by atoms with van der Waals surface area (Å²) in [5, 5.41) is 1.01. The lowest BCUT2D eigenvalue weighted by atomic mass is 10.2. The summed E-state index contributed by atoms with van der Waals surface area (Å²) in [4.78, 5) is 19.8. The lowest BCUT2D eigenvalue weighted by Gasteiger charge is -2.02. The van der Waals surface area contributed by atoms with Gasteiger partial charge in [0.05, 0.1) is 0 Å². The second kappa shape index (κ2) is 5.56. The normalized spacial score (nSPS) is 10.3. The third kappa shape index (κ3) is 3.35. The predicted molar refractivity (Wildman–Crippen MR) is 71.1 cm³/mol. The zero-order valence-electron chi connectivity index (χ0n) is 8.93. The van der Waals surface area contributed by atoms with E-state index in [0.29, 0.717) is 10.7 Å². The standard InChI is InChI=1S/C11H7Cl2N3OS/c12-8-5-9(13)16-11(15-8)18-7-3-1-6(2-4-7)10(14)17/h1-5H,(H2,14,17). The summed E-state index contributed by atoms with van der Waals surface area (Å²) in [5.74, 6) is -0.464. The van der Waals surface area contributed by atoms with Crippen LogP contribution in [0.4, 0.5) is 0 Å². The first-order valence-corrected chi connectivity index (χ1v) is 6.39. The summed E-state index contributed by atoms with van der Waals surface area (Å²) in [6.07, 6.45) is 0. The molecule has 1 amide bonds. The fourth-order valence-corrected chi connectivity index (χ4v) is 2.50. The van der Waals surface area contributed by atoms with Crippen LogP contribution in [0.1, 0.15) is 10.4 Å². The Morgan fingerprint density at radius 3 is 2.17 bits per heavy atom. The quantitative estimate of drug-likeness (QED) is 0.698. The summed E-state index contributed by atoms with van der Waals surface area (Å²) >= 11 is 12.8. The van der Waals surface area contributed by atoms with Crippen molar-refractivity contribution in [3.63, 3.8) is 0 Å². The van der Waals surface area contributed by atoms with Gasteiger partial charge >= 0.3 is 0 Å². The summed E-state index contributed by atoms with van der Waals surface area (Å²) in [6, 6.07) is 8.24. The molecule has 0 aliphatic carbocycles. The zero-order valence-corrected chi connectivity index (χ0v) is 11.3. The Kier molecular flexibility index (Phi) is 4.06. The summed E-state index contributed by atoms with van der Waals surface area (Å²) in [6.45, 7) is 0. The molecule has 4 nitrogen and oxygen atoms in total. The smallest absolute Gasteiger partial charge is 0.248 e. The fraction of sp³-hybridized carbons (Fsp3) is 0. The molecule has 2 rings (SSSR count). The molecule has 0 fully saturated rings. The number of carbonyl (C=O) groups excluding carboxylic acids is 1. The fourth-order valence-electron chi connectivity index (χ4n) is 1.21. The summed E-state index contributed by atoms with van der Waals surface area (Å²) < 4.78 is 0. The van der Waals surface area contributed by atoms with Crippen molar-refractivity contribution < 1.29 is 4.79 Å². The lowest BCUT2D eigenvalue weighted by molar-refractivity contribution is 0.100. The van der Waals surface area contributed by atoms with Gasteiger partial charge in [0.15, 0.2) is 5.16 Å². The highest BCUT2D eigenvalue weighted by molar-refractivity contribution is 7.99. The molecule has 1 aromatic heterocycles. The van der Waals surface area contributed by atoms with Gasteiger partial charge in [0.1, 0.15) is 10.3 Å². The second-order valence-electron chi connectivity index (χ2n) is 3.29. The second-order valence-corrected chi connectivity index (χ2v) is 5.10. The Balaban J connectivity index is 2.20. The molecular weight excluding hydrogens is 293 g/mol. The van der Waals surface area contributed by atoms with Crippen LogP contribution >= 0.6 is 35.0 Å². The van der Waals surface area contributed by atoms with Crippen LogP contribution < -0.4 is 5.73 Å². The van der Waals surface area contributed by atoms with Gasteiger partial charge in [0.2, 0.25) is 5.91 Å². The molecule has 7 heteroatoms. The van der Waals surface area contributed by atoms with Crippen molar-refractivity contribution in [2.75, 3.05) is 0 Å². The molecule has 0 atom stereocenters. The Bertz CT molecular complexity index is 569. The molecule has 18 heavy (non-hydrogen) atoms. The van der Waals surface area contributed by atoms with E-state index in [-0.39, 0.29) is 10.3 Å². The number of rotatable bonds is 3. The summed E-state index contributed by atoms with van der Waals surface area (Å²) in [5.41, 5.74) is 5.60. The van der Waals surface area contributed by atoms with Gasteiger partial charge in [-0.2, -0.15) is 0 Å². The number of halogens is 2. The van der Waals surface area contributed by atoms with Crippen molar-refractivity contribution in [1.82, 2.24) is 9.97 Å². The van der Waals surface area contributed by atoms with Gasteiger partial charge < -0.3 is 5.73 Å². The van der Waals surface area contributed by atoms with Crippen LogP contribution in [-0.4, -0.2) is 15.9 Å². The number of hydrogen-bond acceptors (Lipinski definition) is 4. The third-order valence-electron chi connectivity index (χ3n) is 1.99. The zero-order chi connectivity index (χ0) is 13.1. The third-order valence-corrected chi connectivity index (χ3v) is 3.25. The van der Waals surface area contributed by atoms with Crippen molar-refractivity contribution in [3.05, 3.63) is 46.2 Å². The SMILES string of the molecule is NC(=O)c1ccc(Sc2nc(Cl)cc(Cl)n2)cc1. The molecule has 1 heterocycles. The maximum Gasteiger partial charge on any atom is 0.248 e. The van der Waals surface area contributed by atoms with E-state index < -0.39 is 5.91 Å². The highest BCUT2D eigenvalue weighted by Crippen LogP contribution is 2.27. The molecule has 0 unspecified atom stereocenters. The maximum absolute atomic E-state index is 10.9. The van der Waals surface area contributed by atoms with Crippen LogP contribution in [0.5, 0.6) is 0 Å². The first-order chi connectivity index (χ1) is 8.54. The minimum Gasteiger partial charge on any atom is -0.366 e. The van der Waals surface area contributed by atoms with E-state index in [0.717, 1.165) is 4.90 Å². The van der Waals surface area contributed by atoms with Crippen molar-refractivity contribution >= 4 is 40.9 Å². The number of benzene rings is 1. The van der Waals surface area contributed by atoms with E-state index in [9.17, 15) is 4.79 Å². The number of carbonyl (C=O) groups is 1. The maximum atomic E-state index is 10.9. The van der Waals surface area contributed by atoms with E-state index >= 15 is 0 Å². The average Bonchev–Trinajstić information content (AvgIpc) is 2.28. The van der Waals surface area contributed by atoms with E-state index in [1.54, 1.807) is 24.3 Å². The number of hydrogen-bond donors (Lipinski definition) is 1. The highest BCUT2D eigenvalue weighted by Gasteiger charge is 2.05. The predicted octanol–water partition coefficient (Wildman–Crippen LogP) is 3.03. The molecule has 0 saturated heterocycles. The first kappa shape index (κ1) is 13.1. The number of aromatic nitrogens is 2. The average molecular weight is 300 g/mol. The number of nitrogens with two attached hydrogens (primary N) is 1. The topological polar surface area (TPSA) is 68.9 Å². The van der Waals surface area contributed by atoms with Gasteiger partial charge in [-0.15, -0.1) is 0 Å². The molecular formula is C11H7Cl2N3OS. The lowest BCUT2D eigenvalue weighted by Crippen LogP contribution is -2.10. The Morgan fingerprint density at radius 1 is 1.11 bits per heavy atom. The van der Waals surface area contributed by atoms with Gasteiger partial charge in [-0.25, -0.2) is 9.97 Å². The van der Waals surface area contributed by atoms with Crippen LogP contribution in [0.25, 0.3) is 0 Å². The molecule has 2 aromatic rings. The largest absolute Gasteiger partial charge is 0.366 e. The van der Waals surface area contributed by atoms with Crippen LogP contribution in [0.2, 0.25) is 10.3 Å². The van der Waals surface area contributed by atoms with Crippen molar-refractivity contribution in [2.24, 2.45) is 5.73 Å². The number of amides is 1. The molecule has 0 aliphatic rings. The van der Waals surface area contributed by atoms with E-state index in [2.05, 4.69) is 9.97 Å². The molecule has 0 bridgehead atoms. The Labute approximate surface area is 118 Å². The van der Waals surface area contributed by atoms with E-state index in [1.807, 2.05) is 0 Å². The number of nitrogens with zero attached hydrogens (tertiary/aromatic N) is 2. The van der Waals surface area contributed by atoms with E-state index in [4.69, 9.17) is 28.9 Å². The van der Waals surface area contributed by atoms with Crippen LogP contribution in [0, 0.1) is 0 Å². The number of primary amides is 1. The first-order valence-electron chi connectivity index (χ1n) is 4.82. The van der Waals surface area contributed by atoms with Crippen molar-refractivity contribution in [1.29, 1.82) is 0 Å². The molecule has 92 valence electrons. The molecule has 2 N–H and O–H groups in total. The molecule has 0 saturated carbocycles. The summed E-state index contributed by atoms with van der Waals surface area (Å²) in [7, 11) is 0. The molecule has 0 aliphatic heterocycles. The molecule has 0 radical (unpaired) electrons. The van der Waals surface area contributed by atoms with E-state index in [1.165, 1.54) is 17.8 Å². The highest BCUT2D eigenvalue weighted by atomic mass is 35.5. The molecule has 0 spiro atoms. The minimum atomic E-state index is -0.464. The van der Waals surface area contributed by atoms with Crippen LogP contribution in [0.15, 0.2) is 40.4 Å². The minimum absolute atomic E-state index is 0.284. The van der Waals surface area contributed by atoms with Crippen LogP contribution in [-0.2, 0) is 0 Å². The van der Waals surface area contributed by atoms with Gasteiger partial charge in [-0.1, -0.05) is 23.2 Å². The monoisotopic (exact) mass is 299 g/mol. The Morgan fingerprint density at radius 2 is 1.67 bits per heavy atom.